The number of rotatable bonds is 3. The largest absolute Gasteiger partial charge is 0.326 e. The van der Waals surface area contributed by atoms with Gasteiger partial charge in [0.1, 0.15) is 0 Å². The average molecular weight is 370 g/mol. The van der Waals surface area contributed by atoms with Crippen molar-refractivity contribution in [1.82, 2.24) is 0 Å². The zero-order chi connectivity index (χ0) is 16.2. The monoisotopic (exact) mass is 369 g/mol. The highest BCUT2D eigenvalue weighted by molar-refractivity contribution is 9.10. The lowest BCUT2D eigenvalue weighted by atomic mass is 9.75. The fourth-order valence-corrected chi connectivity index (χ4v) is 3.44. The van der Waals surface area contributed by atoms with Crippen LogP contribution in [0.15, 0.2) is 70.7 Å². The van der Waals surface area contributed by atoms with Gasteiger partial charge in [0.05, 0.1) is 0 Å². The maximum absolute atomic E-state index is 12.8. The third kappa shape index (κ3) is 3.91. The molecule has 0 heterocycles. The molecule has 1 N–H and O–H groups in total. The highest BCUT2D eigenvalue weighted by Gasteiger charge is 2.31. The van der Waals surface area contributed by atoms with E-state index in [1.54, 1.807) is 0 Å². The molecule has 118 valence electrons. The number of anilines is 1. The second-order valence-corrected chi connectivity index (χ2v) is 7.03. The summed E-state index contributed by atoms with van der Waals surface area (Å²) in [5, 5.41) is 3.06. The molecule has 0 aliphatic heterocycles. The van der Waals surface area contributed by atoms with Crippen LogP contribution in [-0.2, 0) is 4.79 Å². The third-order valence-corrected chi connectivity index (χ3v) is 4.95. The van der Waals surface area contributed by atoms with E-state index >= 15 is 0 Å². The molecule has 2 aromatic carbocycles. The molecular formula is C20H20BrNO. The smallest absolute Gasteiger partial charge is 0.228 e. The second kappa shape index (κ2) is 7.14. The number of benzene rings is 2. The zero-order valence-electron chi connectivity index (χ0n) is 13.1. The Morgan fingerprint density at radius 3 is 2.48 bits per heavy atom. The molecule has 3 heteroatoms. The van der Waals surface area contributed by atoms with Gasteiger partial charge in [-0.15, -0.1) is 0 Å². The van der Waals surface area contributed by atoms with Crippen molar-refractivity contribution in [2.45, 2.75) is 25.7 Å². The summed E-state index contributed by atoms with van der Waals surface area (Å²) in [4.78, 5) is 12.8. The Balaban J connectivity index is 1.80. The Bertz CT molecular complexity index is 706. The topological polar surface area (TPSA) is 29.1 Å². The first-order chi connectivity index (χ1) is 11.1. The second-order valence-electron chi connectivity index (χ2n) is 6.11. The van der Waals surface area contributed by atoms with Crippen LogP contribution in [0, 0.1) is 5.92 Å². The predicted octanol–water partition coefficient (Wildman–Crippen LogP) is 5.53. The van der Waals surface area contributed by atoms with Gasteiger partial charge in [0.15, 0.2) is 0 Å². The van der Waals surface area contributed by atoms with E-state index in [1.807, 2.05) is 42.5 Å². The van der Waals surface area contributed by atoms with Gasteiger partial charge in [-0.2, -0.15) is 0 Å². The lowest BCUT2D eigenvalue weighted by Crippen LogP contribution is -2.30. The molecule has 0 radical (unpaired) electrons. The number of carbonyl (C=O) groups is 1. The Labute approximate surface area is 145 Å². The number of hydrogen-bond donors (Lipinski definition) is 1. The normalized spacial score (nSPS) is 20.7. The first-order valence-electron chi connectivity index (χ1n) is 7.90. The van der Waals surface area contributed by atoms with Crippen molar-refractivity contribution >= 4 is 27.5 Å². The van der Waals surface area contributed by atoms with Crippen molar-refractivity contribution in [3.05, 3.63) is 76.3 Å². The van der Waals surface area contributed by atoms with Crippen LogP contribution >= 0.6 is 15.9 Å². The molecule has 0 bridgehead atoms. The molecule has 0 saturated heterocycles. The number of carbonyl (C=O) groups excluding carboxylic acids is 1. The average Bonchev–Trinajstić information content (AvgIpc) is 2.57. The van der Waals surface area contributed by atoms with Crippen molar-refractivity contribution in [2.75, 3.05) is 5.32 Å². The maximum Gasteiger partial charge on any atom is 0.228 e. The van der Waals surface area contributed by atoms with Crippen LogP contribution in [0.5, 0.6) is 0 Å². The van der Waals surface area contributed by atoms with Gasteiger partial charge in [0.25, 0.3) is 0 Å². The number of allylic oxidation sites excluding steroid dienone is 2. The molecule has 2 aromatic rings. The predicted molar refractivity (Wildman–Crippen MR) is 98.4 cm³/mol. The number of amides is 1. The quantitative estimate of drug-likeness (QED) is 0.708. The summed E-state index contributed by atoms with van der Waals surface area (Å²) in [5.41, 5.74) is 3.46. The minimum atomic E-state index is -0.0234. The van der Waals surface area contributed by atoms with E-state index < -0.39 is 0 Å². The summed E-state index contributed by atoms with van der Waals surface area (Å²) in [7, 11) is 0. The van der Waals surface area contributed by atoms with E-state index in [1.165, 1.54) is 11.1 Å². The van der Waals surface area contributed by atoms with Gasteiger partial charge in [0, 0.05) is 16.1 Å². The molecule has 2 nitrogen and oxygen atoms in total. The summed E-state index contributed by atoms with van der Waals surface area (Å²) in [5.74, 6) is 0.325. The Hall–Kier alpha value is -1.87. The fraction of sp³-hybridized carbons (Fsp3) is 0.250. The maximum atomic E-state index is 12.8. The number of hydrogen-bond acceptors (Lipinski definition) is 1. The van der Waals surface area contributed by atoms with Crippen molar-refractivity contribution in [3.63, 3.8) is 0 Å². The molecule has 1 aliphatic rings. The molecule has 0 saturated carbocycles. The van der Waals surface area contributed by atoms with Crippen LogP contribution in [0.3, 0.4) is 0 Å². The Morgan fingerprint density at radius 1 is 1.09 bits per heavy atom. The number of nitrogens with one attached hydrogen (secondary N) is 1. The van der Waals surface area contributed by atoms with Crippen molar-refractivity contribution in [3.8, 4) is 0 Å². The van der Waals surface area contributed by atoms with Gasteiger partial charge in [-0.3, -0.25) is 4.79 Å². The highest BCUT2D eigenvalue weighted by Crippen LogP contribution is 2.38. The van der Waals surface area contributed by atoms with Crippen LogP contribution in [0.4, 0.5) is 5.69 Å². The van der Waals surface area contributed by atoms with Crippen molar-refractivity contribution in [2.24, 2.45) is 5.92 Å². The lowest BCUT2D eigenvalue weighted by Gasteiger charge is -2.30. The third-order valence-electron chi connectivity index (χ3n) is 4.42. The van der Waals surface area contributed by atoms with Crippen molar-refractivity contribution in [1.29, 1.82) is 0 Å². The van der Waals surface area contributed by atoms with Gasteiger partial charge >= 0.3 is 0 Å². The Kier molecular flexibility index (Phi) is 4.97. The molecule has 23 heavy (non-hydrogen) atoms. The van der Waals surface area contributed by atoms with E-state index in [0.29, 0.717) is 0 Å². The SMILES string of the molecule is CC1=CCC(C(=O)Nc2ccc(Br)cc2)C(c2ccccc2)C1. The summed E-state index contributed by atoms with van der Waals surface area (Å²) in [6.45, 7) is 2.15. The van der Waals surface area contributed by atoms with Crippen LogP contribution < -0.4 is 5.32 Å². The van der Waals surface area contributed by atoms with Gasteiger partial charge in [0.2, 0.25) is 5.91 Å². The van der Waals surface area contributed by atoms with Crippen LogP contribution in [0.25, 0.3) is 0 Å². The standard InChI is InChI=1S/C20H20BrNO/c1-14-7-12-18(19(13-14)15-5-3-2-4-6-15)20(23)22-17-10-8-16(21)9-11-17/h2-11,18-19H,12-13H2,1H3,(H,22,23). The summed E-state index contributed by atoms with van der Waals surface area (Å²) in [6, 6.07) is 18.1. The fourth-order valence-electron chi connectivity index (χ4n) is 3.17. The molecule has 0 fully saturated rings. The molecule has 0 spiro atoms. The molecular weight excluding hydrogens is 350 g/mol. The minimum absolute atomic E-state index is 0.0234. The first-order valence-corrected chi connectivity index (χ1v) is 8.70. The molecule has 2 unspecified atom stereocenters. The Morgan fingerprint density at radius 2 is 1.78 bits per heavy atom. The van der Waals surface area contributed by atoms with Crippen LogP contribution in [-0.4, -0.2) is 5.91 Å². The number of halogens is 1. The van der Waals surface area contributed by atoms with Gasteiger partial charge in [-0.1, -0.05) is 57.9 Å². The summed E-state index contributed by atoms with van der Waals surface area (Å²) >= 11 is 3.41. The van der Waals surface area contributed by atoms with Gasteiger partial charge in [-0.25, -0.2) is 0 Å². The molecule has 1 aliphatic carbocycles. The van der Waals surface area contributed by atoms with E-state index in [4.69, 9.17) is 0 Å². The van der Waals surface area contributed by atoms with E-state index in [-0.39, 0.29) is 17.7 Å². The molecule has 2 atom stereocenters. The minimum Gasteiger partial charge on any atom is -0.326 e. The van der Waals surface area contributed by atoms with Crippen LogP contribution in [0.1, 0.15) is 31.2 Å². The first kappa shape index (κ1) is 16.0. The van der Waals surface area contributed by atoms with Gasteiger partial charge < -0.3 is 5.32 Å². The van der Waals surface area contributed by atoms with Crippen LogP contribution in [0.2, 0.25) is 0 Å². The molecule has 1 amide bonds. The van der Waals surface area contributed by atoms with Gasteiger partial charge in [-0.05, 0) is 55.5 Å². The lowest BCUT2D eigenvalue weighted by molar-refractivity contribution is -0.120. The van der Waals surface area contributed by atoms with E-state index in [2.05, 4.69) is 46.4 Å². The van der Waals surface area contributed by atoms with E-state index in [9.17, 15) is 4.79 Å². The highest BCUT2D eigenvalue weighted by atomic mass is 79.9. The van der Waals surface area contributed by atoms with E-state index in [0.717, 1.165) is 23.0 Å². The summed E-state index contributed by atoms with van der Waals surface area (Å²) < 4.78 is 1.01. The summed E-state index contributed by atoms with van der Waals surface area (Å²) in [6.07, 6.45) is 3.95. The molecule has 3 rings (SSSR count). The zero-order valence-corrected chi connectivity index (χ0v) is 14.7. The molecule has 0 aromatic heterocycles. The van der Waals surface area contributed by atoms with Crippen molar-refractivity contribution < 1.29 is 4.79 Å².